The van der Waals surface area contributed by atoms with E-state index < -0.39 is 0 Å². The lowest BCUT2D eigenvalue weighted by molar-refractivity contribution is -0.118. The van der Waals surface area contributed by atoms with Crippen molar-refractivity contribution >= 4 is 34.9 Å². The average Bonchev–Trinajstić information content (AvgIpc) is 3.43. The van der Waals surface area contributed by atoms with E-state index in [9.17, 15) is 4.79 Å². The summed E-state index contributed by atoms with van der Waals surface area (Å²) in [6, 6.07) is 19.2. The van der Waals surface area contributed by atoms with E-state index in [4.69, 9.17) is 5.26 Å². The molecule has 1 saturated heterocycles. The van der Waals surface area contributed by atoms with Crippen molar-refractivity contribution < 1.29 is 4.79 Å². The minimum absolute atomic E-state index is 0. The molecule has 2 aromatic carbocycles. The van der Waals surface area contributed by atoms with E-state index >= 15 is 0 Å². The highest BCUT2D eigenvalue weighted by molar-refractivity contribution is 6.06. The smallest absolute Gasteiger partial charge is 0.244 e. The first-order valence-corrected chi connectivity index (χ1v) is 10.6. The molecule has 3 heterocycles. The second-order valence-corrected chi connectivity index (χ2v) is 7.88. The number of benzene rings is 2. The number of hydrogen-bond acceptors (Lipinski definition) is 5. The maximum Gasteiger partial charge on any atom is 0.244 e. The Hall–Kier alpha value is -3.73. The summed E-state index contributed by atoms with van der Waals surface area (Å²) in [4.78, 5) is 23.7. The van der Waals surface area contributed by atoms with Gasteiger partial charge in [-0.2, -0.15) is 5.26 Å². The fourth-order valence-corrected chi connectivity index (χ4v) is 4.18. The number of rotatable bonds is 6. The second-order valence-electron chi connectivity index (χ2n) is 7.88. The van der Waals surface area contributed by atoms with E-state index in [0.29, 0.717) is 25.2 Å². The van der Waals surface area contributed by atoms with E-state index in [1.165, 1.54) is 0 Å². The molecule has 0 spiro atoms. The van der Waals surface area contributed by atoms with Crippen LogP contribution in [0.4, 0.5) is 5.69 Å². The Morgan fingerprint density at radius 1 is 1.12 bits per heavy atom. The third-order valence-electron chi connectivity index (χ3n) is 5.88. The molecule has 1 amide bonds. The molecule has 0 unspecified atom stereocenters. The molecule has 1 fully saturated rings. The van der Waals surface area contributed by atoms with Crippen LogP contribution >= 0.6 is 12.4 Å². The van der Waals surface area contributed by atoms with Crippen LogP contribution in [0.5, 0.6) is 0 Å². The zero-order chi connectivity index (χ0) is 21.9. The van der Waals surface area contributed by atoms with Gasteiger partial charge in [-0.05, 0) is 48.4 Å². The normalized spacial score (nSPS) is 15.4. The molecule has 7 nitrogen and oxygen atoms in total. The van der Waals surface area contributed by atoms with Crippen molar-refractivity contribution in [3.63, 3.8) is 0 Å². The quantitative estimate of drug-likeness (QED) is 0.476. The zero-order valence-corrected chi connectivity index (χ0v) is 18.7. The predicted octanol–water partition coefficient (Wildman–Crippen LogP) is 3.67. The monoisotopic (exact) mass is 458 g/mol. The Balaban J connectivity index is 0.00000259. The van der Waals surface area contributed by atoms with E-state index in [1.54, 1.807) is 12.5 Å². The molecule has 1 aliphatic heterocycles. The maximum absolute atomic E-state index is 13.1. The summed E-state index contributed by atoms with van der Waals surface area (Å²) < 4.78 is 2.06. The van der Waals surface area contributed by atoms with Crippen LogP contribution in [-0.4, -0.2) is 33.0 Å². The number of nitrogens with zero attached hydrogens (tertiary/aromatic N) is 5. The Bertz CT molecular complexity index is 1310. The van der Waals surface area contributed by atoms with Crippen LogP contribution in [0.1, 0.15) is 23.2 Å². The number of carbonyl (C=O) groups is 1. The topological polar surface area (TPSA) is 86.8 Å². The minimum atomic E-state index is -0.236. The second kappa shape index (κ2) is 9.82. The van der Waals surface area contributed by atoms with Gasteiger partial charge >= 0.3 is 0 Å². The summed E-state index contributed by atoms with van der Waals surface area (Å²) in [5.41, 5.74) is 4.55. The first-order valence-electron chi connectivity index (χ1n) is 10.6. The van der Waals surface area contributed by atoms with Crippen LogP contribution in [0.15, 0.2) is 73.3 Å². The molecule has 0 aliphatic carbocycles. The first-order chi connectivity index (χ1) is 15.7. The minimum Gasteiger partial charge on any atom is -0.329 e. The Morgan fingerprint density at radius 3 is 2.79 bits per heavy atom. The molecule has 0 radical (unpaired) electrons. The number of nitriles is 1. The molecular formula is C25H23ClN6O. The molecule has 33 heavy (non-hydrogen) atoms. The molecule has 0 bridgehead atoms. The van der Waals surface area contributed by atoms with Crippen molar-refractivity contribution in [2.75, 3.05) is 11.4 Å². The molecule has 166 valence electrons. The highest BCUT2D eigenvalue weighted by Gasteiger charge is 2.33. The Labute approximate surface area is 198 Å². The molecular weight excluding hydrogens is 436 g/mol. The first kappa shape index (κ1) is 22.5. The highest BCUT2D eigenvalue weighted by atomic mass is 35.5. The molecule has 2 aromatic heterocycles. The van der Waals surface area contributed by atoms with Gasteiger partial charge in [0.1, 0.15) is 0 Å². The summed E-state index contributed by atoms with van der Waals surface area (Å²) >= 11 is 0. The predicted molar refractivity (Wildman–Crippen MR) is 129 cm³/mol. The lowest BCUT2D eigenvalue weighted by atomic mass is 10.1. The van der Waals surface area contributed by atoms with Crippen molar-refractivity contribution in [1.29, 1.82) is 5.26 Å². The number of amides is 1. The zero-order valence-electron chi connectivity index (χ0n) is 17.9. The van der Waals surface area contributed by atoms with Gasteiger partial charge < -0.3 is 14.8 Å². The number of nitrogens with one attached hydrogen (secondary N) is 1. The summed E-state index contributed by atoms with van der Waals surface area (Å²) in [6.45, 7) is 1.89. The highest BCUT2D eigenvalue weighted by Crippen LogP contribution is 2.29. The number of aromatic nitrogens is 3. The number of anilines is 1. The van der Waals surface area contributed by atoms with Gasteiger partial charge in [-0.15, -0.1) is 12.4 Å². The van der Waals surface area contributed by atoms with Gasteiger partial charge in [-0.3, -0.25) is 9.78 Å². The van der Waals surface area contributed by atoms with E-state index in [2.05, 4.69) is 25.9 Å². The van der Waals surface area contributed by atoms with Crippen molar-refractivity contribution in [2.45, 2.75) is 25.6 Å². The van der Waals surface area contributed by atoms with Gasteiger partial charge in [0, 0.05) is 37.4 Å². The van der Waals surface area contributed by atoms with Gasteiger partial charge in [0.25, 0.3) is 0 Å². The van der Waals surface area contributed by atoms with Gasteiger partial charge in [0.15, 0.2) is 0 Å². The van der Waals surface area contributed by atoms with E-state index in [-0.39, 0.29) is 24.4 Å². The molecule has 1 N–H and O–H groups in total. The number of imidazole rings is 1. The van der Waals surface area contributed by atoms with Gasteiger partial charge in [-0.25, -0.2) is 4.98 Å². The Kier molecular flexibility index (Phi) is 6.68. The lowest BCUT2D eigenvalue weighted by Gasteiger charge is -2.19. The van der Waals surface area contributed by atoms with Crippen LogP contribution in [0.25, 0.3) is 10.9 Å². The van der Waals surface area contributed by atoms with Crippen molar-refractivity contribution in [3.8, 4) is 6.07 Å². The van der Waals surface area contributed by atoms with Gasteiger partial charge in [0.2, 0.25) is 5.91 Å². The third kappa shape index (κ3) is 4.58. The molecule has 4 aromatic rings. The summed E-state index contributed by atoms with van der Waals surface area (Å²) in [5.74, 6) is 0.0829. The van der Waals surface area contributed by atoms with Gasteiger partial charge in [-0.1, -0.05) is 18.2 Å². The van der Waals surface area contributed by atoms with Gasteiger partial charge in [0.05, 0.1) is 40.9 Å². The summed E-state index contributed by atoms with van der Waals surface area (Å²) in [7, 11) is 0. The largest absolute Gasteiger partial charge is 0.329 e. The van der Waals surface area contributed by atoms with Crippen LogP contribution in [0.2, 0.25) is 0 Å². The van der Waals surface area contributed by atoms with Crippen molar-refractivity contribution in [3.05, 3.63) is 90.1 Å². The average molecular weight is 459 g/mol. The number of fused-ring (bicyclic) bond motifs is 1. The van der Waals surface area contributed by atoms with Crippen molar-refractivity contribution in [2.24, 2.45) is 0 Å². The SMILES string of the molecule is Cl.N#Cc1ccc(Cn2cncc2CN[C@H]2CCN(c3cccc4ncccc34)C2=O)cc1. The standard InChI is InChI=1S/C25H22N6O.ClH/c26-13-18-6-8-19(9-7-18)16-30-17-27-14-20(30)15-29-23-10-12-31(25(23)32)24-5-1-4-22-21(24)3-2-11-28-22;/h1-9,11,14,17,23,29H,10,12,15-16H2;1H/t23-;/m0./s1. The number of carbonyl (C=O) groups excluding carboxylic acids is 1. The number of halogens is 1. The van der Waals surface area contributed by atoms with E-state index in [1.807, 2.05) is 65.7 Å². The third-order valence-corrected chi connectivity index (χ3v) is 5.88. The summed E-state index contributed by atoms with van der Waals surface area (Å²) in [5, 5.41) is 13.4. The Morgan fingerprint density at radius 2 is 1.97 bits per heavy atom. The van der Waals surface area contributed by atoms with Crippen LogP contribution in [0, 0.1) is 11.3 Å². The van der Waals surface area contributed by atoms with E-state index in [0.717, 1.165) is 34.3 Å². The molecule has 1 atom stereocenters. The molecule has 5 rings (SSSR count). The van der Waals surface area contributed by atoms with Crippen LogP contribution in [-0.2, 0) is 17.9 Å². The fourth-order valence-electron chi connectivity index (χ4n) is 4.18. The number of pyridine rings is 1. The van der Waals surface area contributed by atoms with Crippen LogP contribution in [0.3, 0.4) is 0 Å². The molecule has 0 saturated carbocycles. The fraction of sp³-hybridized carbons (Fsp3) is 0.200. The lowest BCUT2D eigenvalue weighted by Crippen LogP contribution is -2.38. The maximum atomic E-state index is 13.1. The summed E-state index contributed by atoms with van der Waals surface area (Å²) in [6.07, 6.45) is 6.13. The number of hydrogen-bond donors (Lipinski definition) is 1. The van der Waals surface area contributed by atoms with Crippen molar-refractivity contribution in [1.82, 2.24) is 19.9 Å². The van der Waals surface area contributed by atoms with Crippen LogP contribution < -0.4 is 10.2 Å². The molecule has 1 aliphatic rings. The molecule has 8 heteroatoms.